The molecule has 2 N–H and O–H groups in total. The monoisotopic (exact) mass is 330 g/mol. The molecule has 0 saturated heterocycles. The van der Waals surface area contributed by atoms with Gasteiger partial charge in [0.15, 0.2) is 0 Å². The van der Waals surface area contributed by atoms with Gasteiger partial charge in [0.1, 0.15) is 5.75 Å². The third-order valence-electron chi connectivity index (χ3n) is 2.45. The number of rotatable bonds is 4. The van der Waals surface area contributed by atoms with Crippen LogP contribution >= 0.6 is 0 Å². The van der Waals surface area contributed by atoms with Crippen molar-refractivity contribution >= 4 is 17.8 Å². The van der Waals surface area contributed by atoms with E-state index in [1.807, 2.05) is 0 Å². The molecule has 1 aromatic heterocycles. The molecule has 0 fully saturated rings. The molecule has 1 aromatic carbocycles. The second-order valence-corrected chi connectivity index (χ2v) is 4.00. The first-order chi connectivity index (χ1) is 10.8. The first kappa shape index (κ1) is 16.3. The molecule has 11 heteroatoms. The van der Waals surface area contributed by atoms with Crippen LogP contribution in [-0.4, -0.2) is 40.5 Å². The highest BCUT2D eigenvalue weighted by Crippen LogP contribution is 2.26. The summed E-state index contributed by atoms with van der Waals surface area (Å²) in [6.45, 7) is 0. The van der Waals surface area contributed by atoms with Crippen LogP contribution in [0.3, 0.4) is 0 Å². The number of nitrogens with one attached hydrogen (secondary N) is 2. The third kappa shape index (κ3) is 4.18. The fraction of sp³-hybridized carbons (Fsp3) is 0.167. The van der Waals surface area contributed by atoms with E-state index in [1.165, 1.54) is 12.1 Å². The third-order valence-corrected chi connectivity index (χ3v) is 2.45. The predicted octanol–water partition coefficient (Wildman–Crippen LogP) is 1.74. The molecule has 122 valence electrons. The fourth-order valence-electron chi connectivity index (χ4n) is 1.54. The topological polar surface area (TPSA) is 106 Å². The number of benzene rings is 1. The van der Waals surface area contributed by atoms with Gasteiger partial charge in [-0.05, 0) is 12.1 Å². The lowest BCUT2D eigenvalue weighted by atomic mass is 10.2. The van der Waals surface area contributed by atoms with Crippen molar-refractivity contribution in [2.45, 2.75) is 6.36 Å². The molecule has 2 aromatic rings. The van der Waals surface area contributed by atoms with Crippen LogP contribution in [-0.2, 0) is 4.74 Å². The normalized spacial score (nSPS) is 11.0. The van der Waals surface area contributed by atoms with Crippen LogP contribution in [0, 0.1) is 0 Å². The van der Waals surface area contributed by atoms with E-state index in [1.54, 1.807) is 0 Å². The van der Waals surface area contributed by atoms with E-state index in [-0.39, 0.29) is 17.3 Å². The quantitative estimate of drug-likeness (QED) is 0.827. The number of para-hydroxylation sites is 1. The number of anilines is 1. The number of ether oxygens (including phenoxy) is 2. The Hall–Kier alpha value is -3.11. The SMILES string of the molecule is COC(=O)c1nc(NC(=O)c2ccccc2OC(F)(F)F)n[nH]1. The summed E-state index contributed by atoms with van der Waals surface area (Å²) in [5.74, 6) is -3.03. The first-order valence-electron chi connectivity index (χ1n) is 5.97. The van der Waals surface area contributed by atoms with Gasteiger partial charge in [0.2, 0.25) is 11.8 Å². The number of halogens is 3. The van der Waals surface area contributed by atoms with E-state index in [9.17, 15) is 22.8 Å². The molecule has 0 aliphatic heterocycles. The minimum absolute atomic E-state index is 0.275. The molecule has 0 aliphatic carbocycles. The molecule has 1 amide bonds. The minimum atomic E-state index is -4.95. The van der Waals surface area contributed by atoms with Crippen LogP contribution in [0.5, 0.6) is 5.75 Å². The van der Waals surface area contributed by atoms with E-state index < -0.39 is 24.0 Å². The number of esters is 1. The molecule has 0 radical (unpaired) electrons. The summed E-state index contributed by atoms with van der Waals surface area (Å²) < 4.78 is 45.1. The Bertz CT molecular complexity index is 729. The number of hydrogen-bond donors (Lipinski definition) is 2. The van der Waals surface area contributed by atoms with Crippen LogP contribution in [0.15, 0.2) is 24.3 Å². The van der Waals surface area contributed by atoms with Gasteiger partial charge in [-0.1, -0.05) is 12.1 Å². The lowest BCUT2D eigenvalue weighted by molar-refractivity contribution is -0.274. The maximum Gasteiger partial charge on any atom is 0.573 e. The molecule has 23 heavy (non-hydrogen) atoms. The zero-order valence-corrected chi connectivity index (χ0v) is 11.5. The average Bonchev–Trinajstić information content (AvgIpc) is 2.93. The van der Waals surface area contributed by atoms with E-state index in [2.05, 4.69) is 30.0 Å². The van der Waals surface area contributed by atoms with Gasteiger partial charge < -0.3 is 9.47 Å². The molecule has 0 aliphatic rings. The van der Waals surface area contributed by atoms with Gasteiger partial charge in [-0.3, -0.25) is 15.2 Å². The Labute approximate surface area is 126 Å². The second-order valence-electron chi connectivity index (χ2n) is 4.00. The molecule has 0 atom stereocenters. The zero-order valence-electron chi connectivity index (χ0n) is 11.5. The van der Waals surface area contributed by atoms with Crippen LogP contribution in [0.1, 0.15) is 21.0 Å². The summed E-state index contributed by atoms with van der Waals surface area (Å²) in [7, 11) is 1.12. The lowest BCUT2D eigenvalue weighted by Crippen LogP contribution is -2.21. The van der Waals surface area contributed by atoms with Crippen molar-refractivity contribution in [2.75, 3.05) is 12.4 Å². The molecule has 0 spiro atoms. The summed E-state index contributed by atoms with van der Waals surface area (Å²) in [5.41, 5.74) is -0.380. The Morgan fingerprint density at radius 1 is 1.26 bits per heavy atom. The number of hydrogen-bond acceptors (Lipinski definition) is 6. The Morgan fingerprint density at radius 3 is 2.61 bits per heavy atom. The van der Waals surface area contributed by atoms with Gasteiger partial charge in [0.05, 0.1) is 12.7 Å². The number of aromatic amines is 1. The highest BCUT2D eigenvalue weighted by atomic mass is 19.4. The Balaban J connectivity index is 2.18. The summed E-state index contributed by atoms with van der Waals surface area (Å²) >= 11 is 0. The maximum absolute atomic E-state index is 12.3. The van der Waals surface area contributed by atoms with Gasteiger partial charge in [-0.15, -0.1) is 18.3 Å². The Kier molecular flexibility index (Phi) is 4.48. The molecule has 0 bridgehead atoms. The van der Waals surface area contributed by atoms with E-state index >= 15 is 0 Å². The molecular weight excluding hydrogens is 321 g/mol. The molecule has 0 unspecified atom stereocenters. The van der Waals surface area contributed by atoms with Gasteiger partial charge >= 0.3 is 12.3 Å². The highest BCUT2D eigenvalue weighted by molar-refractivity contribution is 6.05. The molecule has 0 saturated carbocycles. The zero-order chi connectivity index (χ0) is 17.0. The molecular formula is C12H9F3N4O4. The van der Waals surface area contributed by atoms with Gasteiger partial charge in [0.25, 0.3) is 5.91 Å². The van der Waals surface area contributed by atoms with Crippen LogP contribution in [0.25, 0.3) is 0 Å². The summed E-state index contributed by atoms with van der Waals surface area (Å²) in [5, 5.41) is 7.86. The molecule has 2 rings (SSSR count). The van der Waals surface area contributed by atoms with Gasteiger partial charge in [-0.25, -0.2) is 4.79 Å². The Morgan fingerprint density at radius 2 is 1.96 bits per heavy atom. The van der Waals surface area contributed by atoms with Crippen molar-refractivity contribution in [1.82, 2.24) is 15.2 Å². The fourth-order valence-corrected chi connectivity index (χ4v) is 1.54. The van der Waals surface area contributed by atoms with Crippen molar-refractivity contribution in [3.05, 3.63) is 35.7 Å². The maximum atomic E-state index is 12.3. The summed E-state index contributed by atoms with van der Waals surface area (Å²) in [6.07, 6.45) is -4.95. The number of methoxy groups -OCH3 is 1. The number of carbonyl (C=O) groups is 2. The van der Waals surface area contributed by atoms with E-state index in [0.29, 0.717) is 0 Å². The number of H-pyrrole nitrogens is 1. The van der Waals surface area contributed by atoms with Crippen molar-refractivity contribution in [1.29, 1.82) is 0 Å². The number of nitrogens with zero attached hydrogens (tertiary/aromatic N) is 2. The van der Waals surface area contributed by atoms with Gasteiger partial charge in [-0.2, -0.15) is 4.98 Å². The van der Waals surface area contributed by atoms with Crippen molar-refractivity contribution in [2.24, 2.45) is 0 Å². The number of aromatic nitrogens is 3. The van der Waals surface area contributed by atoms with Gasteiger partial charge in [0, 0.05) is 0 Å². The van der Waals surface area contributed by atoms with Crippen molar-refractivity contribution in [3.8, 4) is 5.75 Å². The first-order valence-corrected chi connectivity index (χ1v) is 5.97. The summed E-state index contributed by atoms with van der Waals surface area (Å²) in [6, 6.07) is 4.75. The standard InChI is InChI=1S/C12H9F3N4O4/c1-22-10(21)8-16-11(19-18-8)17-9(20)6-4-2-3-5-7(6)23-12(13,14)15/h2-5H,1H3,(H2,16,17,18,19,20). The van der Waals surface area contributed by atoms with Crippen LogP contribution in [0.2, 0.25) is 0 Å². The number of amides is 1. The molecule has 1 heterocycles. The highest BCUT2D eigenvalue weighted by Gasteiger charge is 2.33. The van der Waals surface area contributed by atoms with Crippen LogP contribution in [0.4, 0.5) is 19.1 Å². The van der Waals surface area contributed by atoms with Crippen LogP contribution < -0.4 is 10.1 Å². The summed E-state index contributed by atoms with van der Waals surface area (Å²) in [4.78, 5) is 26.8. The molecule has 8 nitrogen and oxygen atoms in total. The minimum Gasteiger partial charge on any atom is -0.463 e. The second kappa shape index (κ2) is 6.34. The number of alkyl halides is 3. The van der Waals surface area contributed by atoms with E-state index in [4.69, 9.17) is 0 Å². The smallest absolute Gasteiger partial charge is 0.463 e. The average molecular weight is 330 g/mol. The van der Waals surface area contributed by atoms with E-state index in [0.717, 1.165) is 19.2 Å². The van der Waals surface area contributed by atoms with Crippen molar-refractivity contribution < 1.29 is 32.2 Å². The largest absolute Gasteiger partial charge is 0.573 e. The predicted molar refractivity (Wildman–Crippen MR) is 68.8 cm³/mol. The lowest BCUT2D eigenvalue weighted by Gasteiger charge is -2.12. The number of carbonyl (C=O) groups excluding carboxylic acids is 2. The van der Waals surface area contributed by atoms with Crippen molar-refractivity contribution in [3.63, 3.8) is 0 Å².